The van der Waals surface area contributed by atoms with Crippen LogP contribution in [0.15, 0.2) is 28.7 Å². The first-order valence-corrected chi connectivity index (χ1v) is 5.90. The van der Waals surface area contributed by atoms with Crippen LogP contribution in [-0.4, -0.2) is 10.8 Å². The van der Waals surface area contributed by atoms with Crippen LogP contribution in [-0.2, 0) is 4.79 Å². The molecular formula is C11H10BrClO2. The second kappa shape index (κ2) is 4.14. The van der Waals surface area contributed by atoms with Crippen LogP contribution in [0.1, 0.15) is 19.3 Å². The van der Waals surface area contributed by atoms with Gasteiger partial charge in [-0.3, -0.25) is 4.79 Å². The molecule has 1 fully saturated rings. The first-order chi connectivity index (χ1) is 7.10. The Morgan fingerprint density at radius 3 is 2.47 bits per heavy atom. The highest BCUT2D eigenvalue weighted by Gasteiger charge is 2.46. The van der Waals surface area contributed by atoms with Crippen LogP contribution in [0, 0.1) is 0 Å². The van der Waals surface area contributed by atoms with Crippen LogP contribution in [0.4, 0.5) is 0 Å². The fraction of sp³-hybridized carbons (Fsp3) is 0.364. The van der Waals surface area contributed by atoms with Gasteiger partial charge in [0.15, 0.2) is 0 Å². The molecule has 0 radical (unpaired) electrons. The summed E-state index contributed by atoms with van der Waals surface area (Å²) >= 11 is 8.72. The van der Waals surface area contributed by atoms with E-state index < -0.39 is 0 Å². The third kappa shape index (κ3) is 2.95. The summed E-state index contributed by atoms with van der Waals surface area (Å²) in [5.41, 5.74) is -0.327. The van der Waals surface area contributed by atoms with E-state index in [-0.39, 0.29) is 10.8 Å². The van der Waals surface area contributed by atoms with Crippen molar-refractivity contribution in [2.24, 2.45) is 0 Å². The van der Waals surface area contributed by atoms with Crippen LogP contribution in [0.2, 0.25) is 0 Å². The van der Waals surface area contributed by atoms with Gasteiger partial charge in [-0.2, -0.15) is 0 Å². The molecule has 15 heavy (non-hydrogen) atoms. The first-order valence-electron chi connectivity index (χ1n) is 4.73. The van der Waals surface area contributed by atoms with Gasteiger partial charge in [-0.1, -0.05) is 15.9 Å². The molecule has 2 nitrogen and oxygen atoms in total. The van der Waals surface area contributed by atoms with Gasteiger partial charge < -0.3 is 4.74 Å². The Labute approximate surface area is 102 Å². The normalized spacial score (nSPS) is 17.2. The highest BCUT2D eigenvalue weighted by molar-refractivity contribution is 9.10. The van der Waals surface area contributed by atoms with Gasteiger partial charge >= 0.3 is 0 Å². The first kappa shape index (κ1) is 11.0. The Hall–Kier alpha value is -0.540. The summed E-state index contributed by atoms with van der Waals surface area (Å²) in [6.45, 7) is 0. The lowest BCUT2D eigenvalue weighted by Crippen LogP contribution is -2.20. The zero-order valence-electron chi connectivity index (χ0n) is 8.00. The monoisotopic (exact) mass is 288 g/mol. The predicted molar refractivity (Wildman–Crippen MR) is 62.2 cm³/mol. The lowest BCUT2D eigenvalue weighted by Gasteiger charge is -2.15. The van der Waals surface area contributed by atoms with Crippen molar-refractivity contribution in [3.05, 3.63) is 28.7 Å². The smallest absolute Gasteiger partial charge is 0.225 e. The molecule has 1 aliphatic rings. The number of rotatable bonds is 4. The average Bonchev–Trinajstić information content (AvgIpc) is 2.88. The molecular weight excluding hydrogens is 279 g/mol. The van der Waals surface area contributed by atoms with Gasteiger partial charge in [-0.25, -0.2) is 0 Å². The van der Waals surface area contributed by atoms with Crippen molar-refractivity contribution in [2.75, 3.05) is 0 Å². The van der Waals surface area contributed by atoms with Gasteiger partial charge in [0.1, 0.15) is 11.4 Å². The van der Waals surface area contributed by atoms with Crippen molar-refractivity contribution >= 4 is 32.8 Å². The maximum atomic E-state index is 10.8. The molecule has 0 saturated heterocycles. The highest BCUT2D eigenvalue weighted by Crippen LogP contribution is 2.43. The Balaban J connectivity index is 2.02. The largest absolute Gasteiger partial charge is 0.487 e. The summed E-state index contributed by atoms with van der Waals surface area (Å²) < 4.78 is 6.76. The van der Waals surface area contributed by atoms with Gasteiger partial charge in [-0.15, -0.1) is 0 Å². The maximum Gasteiger partial charge on any atom is 0.225 e. The fourth-order valence-corrected chi connectivity index (χ4v) is 1.97. The standard InChI is InChI=1S/C11H10BrClO2/c12-8-1-3-9(4-2-8)15-11(5-6-11)7-10(13)14/h1-4H,5-7H2. The van der Waals surface area contributed by atoms with Gasteiger partial charge in [0, 0.05) is 4.47 Å². The molecule has 1 aromatic rings. The zero-order valence-corrected chi connectivity index (χ0v) is 10.3. The molecule has 80 valence electrons. The predicted octanol–water partition coefficient (Wildman–Crippen LogP) is 3.52. The SMILES string of the molecule is O=C(Cl)CC1(Oc2ccc(Br)cc2)CC1. The molecule has 0 aromatic heterocycles. The minimum absolute atomic E-state index is 0.296. The van der Waals surface area contributed by atoms with Crippen LogP contribution in [0.5, 0.6) is 5.75 Å². The number of benzene rings is 1. The quantitative estimate of drug-likeness (QED) is 0.793. The summed E-state index contributed by atoms with van der Waals surface area (Å²) in [4.78, 5) is 10.8. The van der Waals surface area contributed by atoms with Crippen LogP contribution in [0.25, 0.3) is 0 Å². The maximum absolute atomic E-state index is 10.8. The summed E-state index contributed by atoms with van der Waals surface area (Å²) in [5, 5.41) is -0.329. The Kier molecular flexibility index (Phi) is 3.03. The van der Waals surface area contributed by atoms with E-state index in [1.807, 2.05) is 24.3 Å². The van der Waals surface area contributed by atoms with E-state index in [1.165, 1.54) is 0 Å². The lowest BCUT2D eigenvalue weighted by molar-refractivity contribution is -0.113. The molecule has 0 N–H and O–H groups in total. The Morgan fingerprint density at radius 1 is 1.40 bits per heavy atom. The van der Waals surface area contributed by atoms with Crippen molar-refractivity contribution in [3.8, 4) is 5.75 Å². The highest BCUT2D eigenvalue weighted by atomic mass is 79.9. The van der Waals surface area contributed by atoms with Crippen molar-refractivity contribution in [2.45, 2.75) is 24.9 Å². The van der Waals surface area contributed by atoms with Crippen molar-refractivity contribution in [1.82, 2.24) is 0 Å². The molecule has 0 spiro atoms. The van der Waals surface area contributed by atoms with E-state index >= 15 is 0 Å². The van der Waals surface area contributed by atoms with E-state index in [2.05, 4.69) is 15.9 Å². The van der Waals surface area contributed by atoms with Crippen LogP contribution < -0.4 is 4.74 Å². The van der Waals surface area contributed by atoms with Crippen LogP contribution >= 0.6 is 27.5 Å². The molecule has 4 heteroatoms. The van der Waals surface area contributed by atoms with Crippen molar-refractivity contribution in [3.63, 3.8) is 0 Å². The number of ether oxygens (including phenoxy) is 1. The Bertz CT molecular complexity index is 371. The average molecular weight is 290 g/mol. The van der Waals surface area contributed by atoms with Gasteiger partial charge in [0.2, 0.25) is 5.24 Å². The molecule has 0 amide bonds. The zero-order chi connectivity index (χ0) is 10.9. The molecule has 2 rings (SSSR count). The van der Waals surface area contributed by atoms with Gasteiger partial charge in [-0.05, 0) is 48.7 Å². The number of hydrogen-bond donors (Lipinski definition) is 0. The number of carbonyl (C=O) groups excluding carboxylic acids is 1. The Morgan fingerprint density at radius 2 is 2.00 bits per heavy atom. The van der Waals surface area contributed by atoms with Crippen molar-refractivity contribution < 1.29 is 9.53 Å². The van der Waals surface area contributed by atoms with Gasteiger partial charge in [0.05, 0.1) is 6.42 Å². The summed E-state index contributed by atoms with van der Waals surface area (Å²) in [6, 6.07) is 7.58. The number of carbonyl (C=O) groups is 1. The molecule has 0 heterocycles. The summed E-state index contributed by atoms with van der Waals surface area (Å²) in [5.74, 6) is 0.786. The lowest BCUT2D eigenvalue weighted by atomic mass is 10.2. The minimum atomic E-state index is -0.329. The van der Waals surface area contributed by atoms with Crippen molar-refractivity contribution in [1.29, 1.82) is 0 Å². The molecule has 1 saturated carbocycles. The molecule has 1 aliphatic carbocycles. The second-order valence-electron chi connectivity index (χ2n) is 3.77. The van der Waals surface area contributed by atoms with E-state index in [0.29, 0.717) is 6.42 Å². The molecule has 0 atom stereocenters. The van der Waals surface area contributed by atoms with Gasteiger partial charge in [0.25, 0.3) is 0 Å². The molecule has 1 aromatic carbocycles. The topological polar surface area (TPSA) is 26.3 Å². The summed E-state index contributed by atoms with van der Waals surface area (Å²) in [6.07, 6.45) is 2.10. The third-order valence-electron chi connectivity index (χ3n) is 2.42. The molecule has 0 unspecified atom stereocenters. The summed E-state index contributed by atoms with van der Waals surface area (Å²) in [7, 11) is 0. The van der Waals surface area contributed by atoms with E-state index in [1.54, 1.807) is 0 Å². The fourth-order valence-electron chi connectivity index (χ4n) is 1.46. The second-order valence-corrected chi connectivity index (χ2v) is 5.11. The van der Waals surface area contributed by atoms with E-state index in [9.17, 15) is 4.79 Å². The minimum Gasteiger partial charge on any atom is -0.487 e. The molecule has 0 aliphatic heterocycles. The van der Waals surface area contributed by atoms with E-state index in [4.69, 9.17) is 16.3 Å². The third-order valence-corrected chi connectivity index (χ3v) is 3.08. The van der Waals surface area contributed by atoms with E-state index in [0.717, 1.165) is 23.1 Å². The molecule has 0 bridgehead atoms. The number of hydrogen-bond acceptors (Lipinski definition) is 2. The number of halogens is 2. The van der Waals surface area contributed by atoms with Crippen LogP contribution in [0.3, 0.4) is 0 Å².